The number of hydrogen-bond acceptors (Lipinski definition) is 5. The molecule has 0 saturated carbocycles. The van der Waals surface area contributed by atoms with Gasteiger partial charge in [0.15, 0.2) is 21.3 Å². The van der Waals surface area contributed by atoms with Crippen molar-refractivity contribution >= 4 is 15.7 Å². The molecule has 0 radical (unpaired) electrons. The molecule has 0 unspecified atom stereocenters. The second kappa shape index (κ2) is 7.68. The predicted molar refractivity (Wildman–Crippen MR) is 88.9 cm³/mol. The van der Waals surface area contributed by atoms with Crippen LogP contribution in [-0.4, -0.2) is 51.8 Å². The summed E-state index contributed by atoms with van der Waals surface area (Å²) in [5.74, 6) is 0.370. The molecule has 0 heterocycles. The van der Waals surface area contributed by atoms with Crippen LogP contribution in [-0.2, 0) is 14.6 Å². The summed E-state index contributed by atoms with van der Waals surface area (Å²) in [6, 6.07) is 3.01. The third kappa shape index (κ3) is 3.77. The van der Waals surface area contributed by atoms with E-state index in [1.807, 2.05) is 13.8 Å². The lowest BCUT2D eigenvalue weighted by Crippen LogP contribution is -2.41. The summed E-state index contributed by atoms with van der Waals surface area (Å²) in [5.41, 5.74) is 0.516. The molecule has 0 bridgehead atoms. The molecule has 1 aromatic carbocycles. The van der Waals surface area contributed by atoms with Crippen molar-refractivity contribution < 1.29 is 22.7 Å². The van der Waals surface area contributed by atoms with Gasteiger partial charge in [-0.05, 0) is 39.3 Å². The number of carbonyl (C=O) groups is 1. The van der Waals surface area contributed by atoms with Crippen molar-refractivity contribution in [3.63, 3.8) is 0 Å². The van der Waals surface area contributed by atoms with E-state index in [1.165, 1.54) is 32.1 Å². The van der Waals surface area contributed by atoms with E-state index in [-0.39, 0.29) is 4.90 Å². The molecule has 0 aromatic heterocycles. The summed E-state index contributed by atoms with van der Waals surface area (Å²) in [6.07, 6.45) is 0. The molecule has 0 aliphatic heterocycles. The van der Waals surface area contributed by atoms with Gasteiger partial charge in [0.05, 0.1) is 19.1 Å². The zero-order valence-electron chi connectivity index (χ0n) is 14.5. The van der Waals surface area contributed by atoms with E-state index in [2.05, 4.69) is 0 Å². The fraction of sp³-hybridized carbons (Fsp3) is 0.562. The van der Waals surface area contributed by atoms with Crippen LogP contribution in [0.1, 0.15) is 26.3 Å². The molecule has 0 fully saturated rings. The molecule has 1 amide bonds. The molecule has 1 aromatic rings. The highest BCUT2D eigenvalue weighted by Crippen LogP contribution is 2.34. The predicted octanol–water partition coefficient (Wildman–Crippen LogP) is 2.04. The fourth-order valence-electron chi connectivity index (χ4n) is 2.38. The molecule has 0 aliphatic rings. The maximum Gasteiger partial charge on any atom is 0.240 e. The lowest BCUT2D eigenvalue weighted by molar-refractivity contribution is -0.130. The Kier molecular flexibility index (Phi) is 6.44. The number of ether oxygens (including phenoxy) is 2. The number of amides is 1. The van der Waals surface area contributed by atoms with Gasteiger partial charge < -0.3 is 14.4 Å². The minimum atomic E-state index is -3.82. The standard InChI is InChI=1S/C16H25NO5S/c1-7-17(8-2)16(18)12(4)23(19,20)15-10-14(22-6)13(21-5)9-11(15)3/h9-10,12H,7-8H2,1-6H3/t12-/m1/s1. The number of methoxy groups -OCH3 is 2. The number of sulfone groups is 1. The Morgan fingerprint density at radius 1 is 1.13 bits per heavy atom. The molecule has 0 N–H and O–H groups in total. The minimum Gasteiger partial charge on any atom is -0.493 e. The first kappa shape index (κ1) is 19.3. The van der Waals surface area contributed by atoms with Crippen molar-refractivity contribution in [2.24, 2.45) is 0 Å². The smallest absolute Gasteiger partial charge is 0.240 e. The number of rotatable bonds is 7. The van der Waals surface area contributed by atoms with Crippen molar-refractivity contribution in [2.45, 2.75) is 37.8 Å². The summed E-state index contributed by atoms with van der Waals surface area (Å²) in [4.78, 5) is 14.0. The normalized spacial score (nSPS) is 12.6. The van der Waals surface area contributed by atoms with Crippen LogP contribution in [0.5, 0.6) is 11.5 Å². The van der Waals surface area contributed by atoms with Gasteiger partial charge >= 0.3 is 0 Å². The van der Waals surface area contributed by atoms with Gasteiger partial charge in [-0.25, -0.2) is 8.42 Å². The fourth-order valence-corrected chi connectivity index (χ4v) is 3.96. The van der Waals surface area contributed by atoms with Gasteiger partial charge in [0, 0.05) is 19.2 Å². The average Bonchev–Trinajstić information content (AvgIpc) is 2.54. The number of benzene rings is 1. The van der Waals surface area contributed by atoms with Crippen molar-refractivity contribution in [3.8, 4) is 11.5 Å². The van der Waals surface area contributed by atoms with Crippen LogP contribution in [0.15, 0.2) is 17.0 Å². The molecule has 1 rings (SSSR count). The zero-order valence-corrected chi connectivity index (χ0v) is 15.4. The minimum absolute atomic E-state index is 0.0863. The van der Waals surface area contributed by atoms with Crippen LogP contribution in [0, 0.1) is 6.92 Å². The number of hydrogen-bond donors (Lipinski definition) is 0. The van der Waals surface area contributed by atoms with E-state index < -0.39 is 21.0 Å². The summed E-state index contributed by atoms with van der Waals surface area (Å²) >= 11 is 0. The molecule has 0 saturated heterocycles. The SMILES string of the molecule is CCN(CC)C(=O)[C@@H](C)S(=O)(=O)c1cc(OC)c(OC)cc1C. The van der Waals surface area contributed by atoms with Crippen molar-refractivity contribution in [1.29, 1.82) is 0 Å². The van der Waals surface area contributed by atoms with Crippen molar-refractivity contribution in [3.05, 3.63) is 17.7 Å². The maximum atomic E-state index is 12.9. The van der Waals surface area contributed by atoms with E-state index in [0.29, 0.717) is 30.2 Å². The molecule has 7 heteroatoms. The van der Waals surface area contributed by atoms with Crippen LogP contribution in [0.4, 0.5) is 0 Å². The van der Waals surface area contributed by atoms with Crippen molar-refractivity contribution in [2.75, 3.05) is 27.3 Å². The average molecular weight is 343 g/mol. The van der Waals surface area contributed by atoms with E-state index in [9.17, 15) is 13.2 Å². The Bertz CT molecular complexity index is 665. The Hall–Kier alpha value is -1.76. The first-order valence-electron chi connectivity index (χ1n) is 7.49. The molecule has 130 valence electrons. The van der Waals surface area contributed by atoms with Gasteiger partial charge in [-0.1, -0.05) is 0 Å². The number of carbonyl (C=O) groups excluding carboxylic acids is 1. The van der Waals surface area contributed by atoms with E-state index in [0.717, 1.165) is 0 Å². The van der Waals surface area contributed by atoms with Gasteiger partial charge in [-0.2, -0.15) is 0 Å². The molecular weight excluding hydrogens is 318 g/mol. The van der Waals surface area contributed by atoms with E-state index in [1.54, 1.807) is 13.0 Å². The highest BCUT2D eigenvalue weighted by atomic mass is 32.2. The van der Waals surface area contributed by atoms with Crippen LogP contribution in [0.2, 0.25) is 0 Å². The second-order valence-corrected chi connectivity index (χ2v) is 7.41. The summed E-state index contributed by atoms with van der Waals surface area (Å²) in [6.45, 7) is 7.68. The van der Waals surface area contributed by atoms with Gasteiger partial charge in [0.1, 0.15) is 5.25 Å². The van der Waals surface area contributed by atoms with Crippen LogP contribution in [0.25, 0.3) is 0 Å². The summed E-state index contributed by atoms with van der Waals surface area (Å²) in [5, 5.41) is -1.15. The largest absolute Gasteiger partial charge is 0.493 e. The summed E-state index contributed by atoms with van der Waals surface area (Å²) in [7, 11) is -0.896. The Balaban J connectivity index is 3.35. The zero-order chi connectivity index (χ0) is 17.8. The number of aryl methyl sites for hydroxylation is 1. The third-order valence-corrected chi connectivity index (χ3v) is 6.06. The molecule has 6 nitrogen and oxygen atoms in total. The first-order valence-corrected chi connectivity index (χ1v) is 9.04. The van der Waals surface area contributed by atoms with Gasteiger partial charge in [0.25, 0.3) is 0 Å². The van der Waals surface area contributed by atoms with Gasteiger partial charge in [-0.15, -0.1) is 0 Å². The molecule has 0 aliphatic carbocycles. The topological polar surface area (TPSA) is 72.9 Å². The highest BCUT2D eigenvalue weighted by molar-refractivity contribution is 7.92. The summed E-state index contributed by atoms with van der Waals surface area (Å²) < 4.78 is 36.1. The second-order valence-electron chi connectivity index (χ2n) is 5.17. The van der Waals surface area contributed by atoms with Gasteiger partial charge in [0.2, 0.25) is 5.91 Å². The van der Waals surface area contributed by atoms with Crippen molar-refractivity contribution in [1.82, 2.24) is 4.90 Å². The van der Waals surface area contributed by atoms with Gasteiger partial charge in [-0.3, -0.25) is 4.79 Å². The van der Waals surface area contributed by atoms with Crippen LogP contribution >= 0.6 is 0 Å². The molecule has 0 spiro atoms. The lowest BCUT2D eigenvalue weighted by atomic mass is 10.2. The van der Waals surface area contributed by atoms with E-state index in [4.69, 9.17) is 9.47 Å². The Labute approximate surface area is 138 Å². The molecule has 1 atom stereocenters. The maximum absolute atomic E-state index is 12.9. The Morgan fingerprint density at radius 3 is 2.04 bits per heavy atom. The van der Waals surface area contributed by atoms with E-state index >= 15 is 0 Å². The van der Waals surface area contributed by atoms with Crippen LogP contribution < -0.4 is 9.47 Å². The molecule has 23 heavy (non-hydrogen) atoms. The monoisotopic (exact) mass is 343 g/mol. The third-order valence-electron chi connectivity index (χ3n) is 3.88. The first-order chi connectivity index (χ1) is 10.7. The van der Waals surface area contributed by atoms with Crippen LogP contribution in [0.3, 0.4) is 0 Å². The number of nitrogens with zero attached hydrogens (tertiary/aromatic N) is 1. The quantitative estimate of drug-likeness (QED) is 0.757. The Morgan fingerprint density at radius 2 is 1.61 bits per heavy atom. The highest BCUT2D eigenvalue weighted by Gasteiger charge is 2.34. The molecular formula is C16H25NO5S. The lowest BCUT2D eigenvalue weighted by Gasteiger charge is -2.23.